The third-order valence-corrected chi connectivity index (χ3v) is 7.59. The third-order valence-electron chi connectivity index (χ3n) is 7.25. The number of carbonyl (C=O) groups excluding carboxylic acids is 2. The summed E-state index contributed by atoms with van der Waals surface area (Å²) in [6.45, 7) is -1.29. The Kier molecular flexibility index (Phi) is 6.71. The van der Waals surface area contributed by atoms with Gasteiger partial charge in [-0.2, -0.15) is 28.3 Å². The van der Waals surface area contributed by atoms with Crippen LogP contribution in [0.1, 0.15) is 38.7 Å². The lowest BCUT2D eigenvalue weighted by Crippen LogP contribution is -2.48. The zero-order chi connectivity index (χ0) is 31.6. The van der Waals surface area contributed by atoms with Crippen LogP contribution in [-0.2, 0) is 5.60 Å². The minimum absolute atomic E-state index is 0.000944. The number of amides is 3. The van der Waals surface area contributed by atoms with Gasteiger partial charge in [0.1, 0.15) is 17.7 Å². The van der Waals surface area contributed by atoms with E-state index in [0.29, 0.717) is 11.0 Å². The fourth-order valence-corrected chi connectivity index (χ4v) is 5.45. The maximum Gasteiger partial charge on any atom is 0.423 e. The first-order valence-corrected chi connectivity index (χ1v) is 13.0. The van der Waals surface area contributed by atoms with Gasteiger partial charge in [-0.3, -0.25) is 15.1 Å². The Morgan fingerprint density at radius 1 is 1.16 bits per heavy atom. The average molecular weight is 630 g/mol. The van der Waals surface area contributed by atoms with Gasteiger partial charge in [0.25, 0.3) is 5.91 Å². The summed E-state index contributed by atoms with van der Waals surface area (Å²) in [6, 6.07) is 8.10. The number of benzene rings is 3. The number of nitrogens with zero attached hydrogens (tertiary/aromatic N) is 4. The maximum atomic E-state index is 14.2. The van der Waals surface area contributed by atoms with Crippen molar-refractivity contribution in [3.8, 4) is 6.07 Å². The molecule has 16 heteroatoms. The number of hydrogen-bond acceptors (Lipinski definition) is 6. The number of aromatic nitrogens is 2. The second-order valence-corrected chi connectivity index (χ2v) is 10.4. The Hall–Kier alpha value is -5.20. The summed E-state index contributed by atoms with van der Waals surface area (Å²) in [5, 5.41) is 28.9. The van der Waals surface area contributed by atoms with Gasteiger partial charge in [-0.25, -0.2) is 13.6 Å². The molecule has 224 valence electrons. The standard InChI is InChI=1S/C28H17ClF5N7O3/c29-20-3-1-14(30)5-17(20)24-23-18(25(42)38-24)7-16(39-41-11-13(9-35)10-36-41)8-21(23)37-26(43)40-12-27(44,28(32,33)34)19-6-15(31)2-4-22(19)40/h1-8,10-11,24,39,44H,12H2,(H,37,43)(H,38,42)/t24-,27-/m1/s1. The molecule has 0 radical (unpaired) electrons. The van der Waals surface area contributed by atoms with Crippen LogP contribution in [0.25, 0.3) is 0 Å². The van der Waals surface area contributed by atoms with Crippen LogP contribution in [0.4, 0.5) is 43.8 Å². The fraction of sp³-hybridized carbons (Fsp3) is 0.143. The van der Waals surface area contributed by atoms with Gasteiger partial charge in [-0.1, -0.05) is 11.6 Å². The van der Waals surface area contributed by atoms with Crippen LogP contribution >= 0.6 is 11.6 Å². The molecule has 4 aromatic rings. The molecule has 4 N–H and O–H groups in total. The molecule has 10 nitrogen and oxygen atoms in total. The first-order valence-electron chi connectivity index (χ1n) is 12.6. The molecule has 44 heavy (non-hydrogen) atoms. The van der Waals surface area contributed by atoms with E-state index in [1.807, 2.05) is 6.07 Å². The SMILES string of the molecule is N#Cc1cnn(Nc2cc(NC(=O)N3C[C@](O)(C(F)(F)F)c4cc(F)ccc43)c3c(c2)C(=O)N[C@@H]3c2cc(F)ccc2Cl)c1. The summed E-state index contributed by atoms with van der Waals surface area (Å²) < 4.78 is 70.1. The molecule has 6 rings (SSSR count). The quantitative estimate of drug-likeness (QED) is 0.229. The van der Waals surface area contributed by atoms with E-state index < -0.39 is 59.2 Å². The number of β-amino-alcohol motifs (C(OH)–C–C–N with tert-alkyl or cyclic N) is 1. The molecule has 2 aliphatic heterocycles. The molecule has 0 saturated heterocycles. The number of halogens is 6. The number of nitrogens with one attached hydrogen (secondary N) is 3. The fourth-order valence-electron chi connectivity index (χ4n) is 5.22. The Bertz CT molecular complexity index is 1910. The van der Waals surface area contributed by atoms with Gasteiger partial charge in [0, 0.05) is 27.3 Å². The molecule has 2 atom stereocenters. The van der Waals surface area contributed by atoms with E-state index in [4.69, 9.17) is 16.9 Å². The minimum Gasteiger partial charge on any atom is -0.375 e. The van der Waals surface area contributed by atoms with Gasteiger partial charge in [-0.15, -0.1) is 0 Å². The predicted molar refractivity (Wildman–Crippen MR) is 146 cm³/mol. The Morgan fingerprint density at radius 3 is 2.59 bits per heavy atom. The van der Waals surface area contributed by atoms with Crippen molar-refractivity contribution in [2.45, 2.75) is 17.8 Å². The maximum absolute atomic E-state index is 14.2. The van der Waals surface area contributed by atoms with Crippen LogP contribution in [0.2, 0.25) is 5.02 Å². The highest BCUT2D eigenvalue weighted by atomic mass is 35.5. The van der Waals surface area contributed by atoms with Gasteiger partial charge in [-0.05, 0) is 48.5 Å². The number of aliphatic hydroxyl groups is 1. The summed E-state index contributed by atoms with van der Waals surface area (Å²) in [7, 11) is 0. The van der Waals surface area contributed by atoms with Crippen molar-refractivity contribution in [1.29, 1.82) is 5.26 Å². The van der Waals surface area contributed by atoms with Crippen LogP contribution in [0.15, 0.2) is 60.9 Å². The Morgan fingerprint density at radius 2 is 1.89 bits per heavy atom. The van der Waals surface area contributed by atoms with Crippen molar-refractivity contribution >= 4 is 40.6 Å². The molecule has 0 unspecified atom stereocenters. The molecule has 0 saturated carbocycles. The van der Waals surface area contributed by atoms with Gasteiger partial charge >= 0.3 is 12.2 Å². The van der Waals surface area contributed by atoms with Crippen LogP contribution in [-0.4, -0.2) is 39.7 Å². The Labute approximate surface area is 249 Å². The van der Waals surface area contributed by atoms with Crippen molar-refractivity contribution in [1.82, 2.24) is 15.2 Å². The lowest BCUT2D eigenvalue weighted by atomic mass is 9.95. The molecule has 3 heterocycles. The lowest BCUT2D eigenvalue weighted by Gasteiger charge is -2.27. The summed E-state index contributed by atoms with van der Waals surface area (Å²) in [4.78, 5) is 28.5. The third kappa shape index (κ3) is 4.74. The zero-order valence-corrected chi connectivity index (χ0v) is 22.6. The highest BCUT2D eigenvalue weighted by Crippen LogP contribution is 2.49. The van der Waals surface area contributed by atoms with E-state index in [1.165, 1.54) is 30.6 Å². The van der Waals surface area contributed by atoms with Crippen LogP contribution < -0.4 is 21.0 Å². The number of fused-ring (bicyclic) bond motifs is 2. The smallest absolute Gasteiger partial charge is 0.375 e. The first kappa shape index (κ1) is 28.9. The van der Waals surface area contributed by atoms with Crippen molar-refractivity contribution in [3.05, 3.63) is 105 Å². The van der Waals surface area contributed by atoms with Gasteiger partial charge < -0.3 is 15.7 Å². The summed E-state index contributed by atoms with van der Waals surface area (Å²) in [5.74, 6) is -2.37. The molecular weight excluding hydrogens is 613 g/mol. The highest BCUT2D eigenvalue weighted by molar-refractivity contribution is 6.31. The van der Waals surface area contributed by atoms with Gasteiger partial charge in [0.2, 0.25) is 5.60 Å². The van der Waals surface area contributed by atoms with E-state index in [9.17, 15) is 36.6 Å². The number of alkyl halides is 3. The number of urea groups is 1. The van der Waals surface area contributed by atoms with Crippen LogP contribution in [0.5, 0.6) is 0 Å². The Balaban J connectivity index is 1.45. The van der Waals surface area contributed by atoms with Gasteiger partial charge in [0.05, 0.1) is 47.6 Å². The summed E-state index contributed by atoms with van der Waals surface area (Å²) >= 11 is 6.32. The monoisotopic (exact) mass is 629 g/mol. The zero-order valence-electron chi connectivity index (χ0n) is 21.9. The highest BCUT2D eigenvalue weighted by Gasteiger charge is 2.61. The molecular formula is C28H17ClF5N7O3. The second-order valence-electron chi connectivity index (χ2n) is 9.99. The van der Waals surface area contributed by atoms with Crippen LogP contribution in [0.3, 0.4) is 0 Å². The van der Waals surface area contributed by atoms with Crippen molar-refractivity contribution < 1.29 is 36.6 Å². The molecule has 3 aromatic carbocycles. The first-order chi connectivity index (χ1) is 20.8. The predicted octanol–water partition coefficient (Wildman–Crippen LogP) is 5.20. The number of anilines is 3. The molecule has 0 fully saturated rings. The number of carbonyl (C=O) groups is 2. The van der Waals surface area contributed by atoms with E-state index in [0.717, 1.165) is 29.1 Å². The molecule has 0 spiro atoms. The number of hydrogen-bond donors (Lipinski definition) is 4. The summed E-state index contributed by atoms with van der Waals surface area (Å²) in [6.07, 6.45) is -2.68. The normalized spacial score (nSPS) is 18.8. The second kappa shape index (κ2) is 10.2. The van der Waals surface area contributed by atoms with Crippen molar-refractivity contribution in [2.24, 2.45) is 0 Å². The van der Waals surface area contributed by atoms with E-state index >= 15 is 0 Å². The van der Waals surface area contributed by atoms with E-state index in [1.54, 1.807) is 0 Å². The van der Waals surface area contributed by atoms with Gasteiger partial charge in [0.15, 0.2) is 0 Å². The summed E-state index contributed by atoms with van der Waals surface area (Å²) in [5.41, 5.74) is -1.50. The minimum atomic E-state index is -5.27. The van der Waals surface area contributed by atoms with E-state index in [-0.39, 0.29) is 38.7 Å². The van der Waals surface area contributed by atoms with Crippen LogP contribution in [0, 0.1) is 23.0 Å². The van der Waals surface area contributed by atoms with Crippen molar-refractivity contribution in [3.63, 3.8) is 0 Å². The molecule has 1 aromatic heterocycles. The average Bonchev–Trinajstić information content (AvgIpc) is 3.64. The van der Waals surface area contributed by atoms with E-state index in [2.05, 4.69) is 21.2 Å². The molecule has 0 aliphatic carbocycles. The lowest BCUT2D eigenvalue weighted by molar-refractivity contribution is -0.258. The molecule has 2 aliphatic rings. The topological polar surface area (TPSA) is 135 Å². The number of rotatable bonds is 4. The largest absolute Gasteiger partial charge is 0.423 e. The van der Waals surface area contributed by atoms with Crippen molar-refractivity contribution in [2.75, 3.05) is 22.2 Å². The molecule has 3 amide bonds. The molecule has 0 bridgehead atoms. The number of nitriles is 1.